The largest absolute Gasteiger partial charge is 0.374 e. The highest BCUT2D eigenvalue weighted by molar-refractivity contribution is 5.07. The molecule has 4 heterocycles. The normalized spacial score (nSPS) is 27.3. The van der Waals surface area contributed by atoms with Crippen molar-refractivity contribution < 1.29 is 9.47 Å². The van der Waals surface area contributed by atoms with Crippen LogP contribution in [0.15, 0.2) is 36.8 Å². The van der Waals surface area contributed by atoms with E-state index in [1.54, 1.807) is 0 Å². The van der Waals surface area contributed by atoms with Crippen molar-refractivity contribution in [2.24, 2.45) is 7.05 Å². The Kier molecular flexibility index (Phi) is 4.60. The molecule has 2 aliphatic rings. The van der Waals surface area contributed by atoms with Crippen LogP contribution in [0.4, 0.5) is 0 Å². The highest BCUT2D eigenvalue weighted by atomic mass is 16.5. The lowest BCUT2D eigenvalue weighted by atomic mass is 10.0. The molecule has 0 aromatic carbocycles. The SMILES string of the molecule is Cn1cc(CN2C[C@H](OCc3ccccn3)[C@H]3OCCC[C@H]32)cn1. The Labute approximate surface area is 142 Å². The van der Waals surface area contributed by atoms with Gasteiger partial charge in [0.1, 0.15) is 6.10 Å². The summed E-state index contributed by atoms with van der Waals surface area (Å²) >= 11 is 0. The zero-order valence-corrected chi connectivity index (χ0v) is 14.0. The zero-order valence-electron chi connectivity index (χ0n) is 14.0. The number of aryl methyl sites for hydroxylation is 1. The van der Waals surface area contributed by atoms with Crippen molar-refractivity contribution >= 4 is 0 Å². The lowest BCUT2D eigenvalue weighted by Gasteiger charge is -2.32. The van der Waals surface area contributed by atoms with E-state index in [2.05, 4.69) is 21.2 Å². The first-order valence-corrected chi connectivity index (χ1v) is 8.64. The van der Waals surface area contributed by atoms with Crippen LogP contribution in [0.25, 0.3) is 0 Å². The van der Waals surface area contributed by atoms with Crippen molar-refractivity contribution in [3.8, 4) is 0 Å². The first-order valence-electron chi connectivity index (χ1n) is 8.64. The highest BCUT2D eigenvalue weighted by Crippen LogP contribution is 2.32. The van der Waals surface area contributed by atoms with Crippen LogP contribution in [-0.4, -0.2) is 51.1 Å². The minimum absolute atomic E-state index is 0.106. The minimum atomic E-state index is 0.106. The van der Waals surface area contributed by atoms with Gasteiger partial charge in [-0.1, -0.05) is 6.07 Å². The summed E-state index contributed by atoms with van der Waals surface area (Å²) in [7, 11) is 1.96. The van der Waals surface area contributed by atoms with E-state index in [0.717, 1.165) is 31.8 Å². The van der Waals surface area contributed by atoms with Crippen molar-refractivity contribution in [1.82, 2.24) is 19.7 Å². The van der Waals surface area contributed by atoms with Gasteiger partial charge in [0.05, 0.1) is 24.6 Å². The second kappa shape index (κ2) is 7.01. The Hall–Kier alpha value is -1.76. The second-order valence-electron chi connectivity index (χ2n) is 6.67. The molecular formula is C18H24N4O2. The van der Waals surface area contributed by atoms with Gasteiger partial charge < -0.3 is 9.47 Å². The summed E-state index contributed by atoms with van der Waals surface area (Å²) in [5, 5.41) is 4.28. The molecule has 3 atom stereocenters. The molecule has 24 heavy (non-hydrogen) atoms. The Morgan fingerprint density at radius 2 is 2.33 bits per heavy atom. The van der Waals surface area contributed by atoms with E-state index >= 15 is 0 Å². The molecule has 4 rings (SSSR count). The molecule has 2 aromatic rings. The third-order valence-corrected chi connectivity index (χ3v) is 4.90. The van der Waals surface area contributed by atoms with Gasteiger partial charge in [-0.15, -0.1) is 0 Å². The molecule has 6 nitrogen and oxygen atoms in total. The average Bonchev–Trinajstić information content (AvgIpc) is 3.18. The Balaban J connectivity index is 1.42. The highest BCUT2D eigenvalue weighted by Gasteiger charge is 2.44. The van der Waals surface area contributed by atoms with Gasteiger partial charge in [0, 0.05) is 50.7 Å². The summed E-state index contributed by atoms with van der Waals surface area (Å²) in [5.41, 5.74) is 2.21. The fourth-order valence-electron chi connectivity index (χ4n) is 3.80. The summed E-state index contributed by atoms with van der Waals surface area (Å²) in [6.07, 6.45) is 8.41. The van der Waals surface area contributed by atoms with Crippen LogP contribution < -0.4 is 0 Å². The molecule has 0 aliphatic carbocycles. The fourth-order valence-corrected chi connectivity index (χ4v) is 3.80. The van der Waals surface area contributed by atoms with Crippen LogP contribution in [-0.2, 0) is 29.7 Å². The summed E-state index contributed by atoms with van der Waals surface area (Å²) in [6.45, 7) is 3.18. The van der Waals surface area contributed by atoms with Crippen LogP contribution in [0, 0.1) is 0 Å². The molecule has 0 bridgehead atoms. The molecule has 0 saturated carbocycles. The van der Waals surface area contributed by atoms with Gasteiger partial charge in [0.25, 0.3) is 0 Å². The topological polar surface area (TPSA) is 52.4 Å². The lowest BCUT2D eigenvalue weighted by molar-refractivity contribution is -0.0824. The van der Waals surface area contributed by atoms with Crippen LogP contribution in [0.1, 0.15) is 24.1 Å². The molecule has 0 amide bonds. The number of nitrogens with zero attached hydrogens (tertiary/aromatic N) is 4. The fraction of sp³-hybridized carbons (Fsp3) is 0.556. The number of ether oxygens (including phenoxy) is 2. The minimum Gasteiger partial charge on any atom is -0.374 e. The molecule has 6 heteroatoms. The summed E-state index contributed by atoms with van der Waals surface area (Å²) < 4.78 is 14.1. The summed E-state index contributed by atoms with van der Waals surface area (Å²) in [4.78, 5) is 6.83. The summed E-state index contributed by atoms with van der Waals surface area (Å²) in [5.74, 6) is 0. The molecule has 0 spiro atoms. The maximum absolute atomic E-state index is 6.18. The van der Waals surface area contributed by atoms with Gasteiger partial charge in [-0.25, -0.2) is 0 Å². The monoisotopic (exact) mass is 328 g/mol. The maximum atomic E-state index is 6.18. The van der Waals surface area contributed by atoms with Crippen molar-refractivity contribution in [1.29, 1.82) is 0 Å². The third kappa shape index (κ3) is 3.36. The average molecular weight is 328 g/mol. The van der Waals surface area contributed by atoms with Gasteiger partial charge >= 0.3 is 0 Å². The quantitative estimate of drug-likeness (QED) is 0.837. The van der Waals surface area contributed by atoms with Crippen molar-refractivity contribution in [2.75, 3.05) is 13.2 Å². The summed E-state index contributed by atoms with van der Waals surface area (Å²) in [6, 6.07) is 6.36. The molecule has 2 fully saturated rings. The van der Waals surface area contributed by atoms with E-state index in [0.29, 0.717) is 12.6 Å². The third-order valence-electron chi connectivity index (χ3n) is 4.90. The molecule has 0 unspecified atom stereocenters. The molecular weight excluding hydrogens is 304 g/mol. The molecule has 2 aliphatic heterocycles. The number of hydrogen-bond donors (Lipinski definition) is 0. The number of pyridine rings is 1. The first-order chi connectivity index (χ1) is 11.8. The number of rotatable bonds is 5. The van der Waals surface area contributed by atoms with E-state index in [1.165, 1.54) is 12.0 Å². The molecule has 2 aromatic heterocycles. The van der Waals surface area contributed by atoms with Crippen LogP contribution in [0.2, 0.25) is 0 Å². The first kappa shape index (κ1) is 15.7. The van der Waals surface area contributed by atoms with E-state index in [9.17, 15) is 0 Å². The standard InChI is InChI=1S/C18H24N4O2/c1-21-10-14(9-20-21)11-22-12-17(18-16(22)6-4-8-23-18)24-13-15-5-2-3-7-19-15/h2-3,5,7,9-10,16-18H,4,6,8,11-13H2,1H3/t16-,17+,18+/m1/s1. The van der Waals surface area contributed by atoms with Gasteiger partial charge in [-0.3, -0.25) is 14.6 Å². The van der Waals surface area contributed by atoms with Gasteiger partial charge in [-0.05, 0) is 25.0 Å². The van der Waals surface area contributed by atoms with Crippen molar-refractivity contribution in [3.63, 3.8) is 0 Å². The van der Waals surface area contributed by atoms with E-state index in [4.69, 9.17) is 9.47 Å². The van der Waals surface area contributed by atoms with E-state index in [1.807, 2.05) is 42.3 Å². The number of fused-ring (bicyclic) bond motifs is 1. The number of hydrogen-bond acceptors (Lipinski definition) is 5. The molecule has 128 valence electrons. The second-order valence-corrected chi connectivity index (χ2v) is 6.67. The Bertz CT molecular complexity index is 660. The maximum Gasteiger partial charge on any atom is 0.100 e. The van der Waals surface area contributed by atoms with Crippen LogP contribution in [0.5, 0.6) is 0 Å². The van der Waals surface area contributed by atoms with E-state index < -0.39 is 0 Å². The van der Waals surface area contributed by atoms with E-state index in [-0.39, 0.29) is 12.2 Å². The Morgan fingerprint density at radius 1 is 1.38 bits per heavy atom. The van der Waals surface area contributed by atoms with Gasteiger partial charge in [0.15, 0.2) is 0 Å². The van der Waals surface area contributed by atoms with Crippen LogP contribution in [0.3, 0.4) is 0 Å². The number of aromatic nitrogens is 3. The molecule has 0 radical (unpaired) electrons. The zero-order chi connectivity index (χ0) is 16.4. The molecule has 0 N–H and O–H groups in total. The lowest BCUT2D eigenvalue weighted by Crippen LogP contribution is -2.41. The predicted octanol–water partition coefficient (Wildman–Crippen LogP) is 1.76. The van der Waals surface area contributed by atoms with Crippen LogP contribution >= 0.6 is 0 Å². The predicted molar refractivity (Wildman–Crippen MR) is 89.2 cm³/mol. The Morgan fingerprint density at radius 3 is 3.12 bits per heavy atom. The van der Waals surface area contributed by atoms with Gasteiger partial charge in [-0.2, -0.15) is 5.10 Å². The van der Waals surface area contributed by atoms with Crippen molar-refractivity contribution in [2.45, 2.75) is 44.2 Å². The number of likely N-dealkylation sites (tertiary alicyclic amines) is 1. The molecule has 2 saturated heterocycles. The smallest absolute Gasteiger partial charge is 0.100 e. The van der Waals surface area contributed by atoms with Crippen molar-refractivity contribution in [3.05, 3.63) is 48.0 Å². The van der Waals surface area contributed by atoms with Gasteiger partial charge in [0.2, 0.25) is 0 Å².